The van der Waals surface area contributed by atoms with Gasteiger partial charge in [0.15, 0.2) is 0 Å². The molecule has 23 heavy (non-hydrogen) atoms. The molecule has 6 heteroatoms. The monoisotopic (exact) mass is 332 g/mol. The van der Waals surface area contributed by atoms with Crippen LogP contribution < -0.4 is 4.74 Å². The van der Waals surface area contributed by atoms with Gasteiger partial charge in [-0.25, -0.2) is 9.37 Å². The van der Waals surface area contributed by atoms with Crippen LogP contribution in [-0.4, -0.2) is 28.9 Å². The van der Waals surface area contributed by atoms with Gasteiger partial charge in [0.05, 0.1) is 5.69 Å². The lowest BCUT2D eigenvalue weighted by Gasteiger charge is -2.25. The standard InChI is InChI=1S/C17H17FN2O2S/c18-12-2-1-3-13(8-12)22-10-15-19-14-6-7-20(9-11-4-5-11)17(21)16(14)23-15/h1-3,8,11H,4-7,9-10H2. The van der Waals surface area contributed by atoms with Crippen LogP contribution in [0.3, 0.4) is 0 Å². The lowest BCUT2D eigenvalue weighted by molar-refractivity contribution is 0.0736. The first kappa shape index (κ1) is 14.6. The fourth-order valence-corrected chi connectivity index (χ4v) is 3.76. The fourth-order valence-electron chi connectivity index (χ4n) is 2.77. The molecule has 0 bridgehead atoms. The number of carbonyl (C=O) groups is 1. The van der Waals surface area contributed by atoms with E-state index in [-0.39, 0.29) is 18.3 Å². The Hall–Kier alpha value is -1.95. The highest BCUT2D eigenvalue weighted by atomic mass is 32.1. The second-order valence-electron chi connectivity index (χ2n) is 6.07. The predicted octanol–water partition coefficient (Wildman–Crippen LogP) is 3.27. The molecule has 1 aromatic heterocycles. The Balaban J connectivity index is 1.44. The molecule has 4 nitrogen and oxygen atoms in total. The number of carbonyl (C=O) groups excluding carboxylic acids is 1. The third-order valence-electron chi connectivity index (χ3n) is 4.18. The Morgan fingerprint density at radius 1 is 1.39 bits per heavy atom. The van der Waals surface area contributed by atoms with Gasteiger partial charge in [-0.05, 0) is 30.9 Å². The van der Waals surface area contributed by atoms with Crippen molar-refractivity contribution in [3.63, 3.8) is 0 Å². The lowest BCUT2D eigenvalue weighted by Crippen LogP contribution is -2.38. The average Bonchev–Trinajstić information content (AvgIpc) is 3.25. The topological polar surface area (TPSA) is 42.4 Å². The average molecular weight is 332 g/mol. The summed E-state index contributed by atoms with van der Waals surface area (Å²) in [7, 11) is 0. The van der Waals surface area contributed by atoms with Gasteiger partial charge in [0, 0.05) is 25.6 Å². The van der Waals surface area contributed by atoms with Crippen molar-refractivity contribution in [3.8, 4) is 5.75 Å². The quantitative estimate of drug-likeness (QED) is 0.844. The maximum Gasteiger partial charge on any atom is 0.265 e. The maximum atomic E-state index is 13.1. The van der Waals surface area contributed by atoms with Gasteiger partial charge in [-0.3, -0.25) is 4.79 Å². The maximum absolute atomic E-state index is 13.1. The summed E-state index contributed by atoms with van der Waals surface area (Å²) in [6.45, 7) is 1.90. The van der Waals surface area contributed by atoms with E-state index in [1.807, 2.05) is 4.90 Å². The molecule has 0 N–H and O–H groups in total. The van der Waals surface area contributed by atoms with Crippen LogP contribution in [0.2, 0.25) is 0 Å². The summed E-state index contributed by atoms with van der Waals surface area (Å²) >= 11 is 1.40. The Kier molecular flexibility index (Phi) is 3.77. The highest BCUT2D eigenvalue weighted by molar-refractivity contribution is 7.13. The fraction of sp³-hybridized carbons (Fsp3) is 0.412. The van der Waals surface area contributed by atoms with Gasteiger partial charge in [0.25, 0.3) is 5.91 Å². The second-order valence-corrected chi connectivity index (χ2v) is 7.16. The number of nitrogens with zero attached hydrogens (tertiary/aromatic N) is 2. The third-order valence-corrected chi connectivity index (χ3v) is 5.23. The minimum Gasteiger partial charge on any atom is -0.486 e. The number of hydrogen-bond donors (Lipinski definition) is 0. The summed E-state index contributed by atoms with van der Waals surface area (Å²) in [4.78, 5) is 19.7. The molecule has 0 atom stereocenters. The molecule has 0 radical (unpaired) electrons. The molecule has 1 aromatic carbocycles. The summed E-state index contributed by atoms with van der Waals surface area (Å²) in [5, 5.41) is 0.765. The third kappa shape index (κ3) is 3.22. The molecule has 120 valence electrons. The molecular weight excluding hydrogens is 315 g/mol. The van der Waals surface area contributed by atoms with E-state index in [2.05, 4.69) is 4.98 Å². The van der Waals surface area contributed by atoms with Crippen LogP contribution in [0.25, 0.3) is 0 Å². The molecule has 2 heterocycles. The lowest BCUT2D eigenvalue weighted by atomic mass is 10.1. The number of hydrogen-bond acceptors (Lipinski definition) is 4. The molecular formula is C17H17FN2O2S. The highest BCUT2D eigenvalue weighted by Crippen LogP contribution is 2.32. The number of ether oxygens (including phenoxy) is 1. The Labute approximate surface area is 137 Å². The van der Waals surface area contributed by atoms with Gasteiger partial charge in [-0.15, -0.1) is 11.3 Å². The Morgan fingerprint density at radius 2 is 2.26 bits per heavy atom. The van der Waals surface area contributed by atoms with Crippen molar-refractivity contribution in [2.75, 3.05) is 13.1 Å². The molecule has 2 aliphatic rings. The Morgan fingerprint density at radius 3 is 3.04 bits per heavy atom. The molecule has 1 amide bonds. The first-order valence-corrected chi connectivity index (χ1v) is 8.67. The first-order chi connectivity index (χ1) is 11.2. The molecule has 1 saturated carbocycles. The van der Waals surface area contributed by atoms with Crippen molar-refractivity contribution < 1.29 is 13.9 Å². The SMILES string of the molecule is O=C1c2sc(COc3cccc(F)c3)nc2CCN1CC1CC1. The van der Waals surface area contributed by atoms with Crippen molar-refractivity contribution in [1.82, 2.24) is 9.88 Å². The van der Waals surface area contributed by atoms with Crippen LogP contribution in [0.1, 0.15) is 33.2 Å². The zero-order chi connectivity index (χ0) is 15.8. The van der Waals surface area contributed by atoms with E-state index in [0.29, 0.717) is 11.7 Å². The van der Waals surface area contributed by atoms with Crippen molar-refractivity contribution in [1.29, 1.82) is 0 Å². The number of halogens is 1. The van der Waals surface area contributed by atoms with E-state index < -0.39 is 0 Å². The Bertz CT molecular complexity index is 742. The molecule has 4 rings (SSSR count). The van der Waals surface area contributed by atoms with E-state index in [9.17, 15) is 9.18 Å². The zero-order valence-electron chi connectivity index (χ0n) is 12.6. The molecule has 1 fully saturated rings. The van der Waals surface area contributed by atoms with Gasteiger partial charge in [0.2, 0.25) is 0 Å². The molecule has 0 unspecified atom stereocenters. The largest absolute Gasteiger partial charge is 0.486 e. The number of thiazole rings is 1. The number of benzene rings is 1. The molecule has 1 aliphatic carbocycles. The van der Waals surface area contributed by atoms with E-state index >= 15 is 0 Å². The van der Waals surface area contributed by atoms with Gasteiger partial charge < -0.3 is 9.64 Å². The van der Waals surface area contributed by atoms with E-state index in [1.165, 1.54) is 36.3 Å². The van der Waals surface area contributed by atoms with Crippen LogP contribution in [0.4, 0.5) is 4.39 Å². The van der Waals surface area contributed by atoms with Crippen molar-refractivity contribution in [3.05, 3.63) is 45.7 Å². The molecule has 2 aromatic rings. The summed E-state index contributed by atoms with van der Waals surface area (Å²) in [6.07, 6.45) is 3.29. The summed E-state index contributed by atoms with van der Waals surface area (Å²) in [6, 6.07) is 6.04. The summed E-state index contributed by atoms with van der Waals surface area (Å²) < 4.78 is 18.7. The van der Waals surface area contributed by atoms with E-state index in [0.717, 1.165) is 35.1 Å². The summed E-state index contributed by atoms with van der Waals surface area (Å²) in [5.74, 6) is 0.948. The number of rotatable bonds is 5. The second kappa shape index (κ2) is 5.92. The van der Waals surface area contributed by atoms with E-state index in [1.54, 1.807) is 12.1 Å². The van der Waals surface area contributed by atoms with Crippen LogP contribution in [-0.2, 0) is 13.0 Å². The van der Waals surface area contributed by atoms with Gasteiger partial charge in [-0.1, -0.05) is 6.07 Å². The smallest absolute Gasteiger partial charge is 0.265 e. The zero-order valence-corrected chi connectivity index (χ0v) is 13.4. The van der Waals surface area contributed by atoms with Gasteiger partial charge in [-0.2, -0.15) is 0 Å². The molecule has 0 saturated heterocycles. The van der Waals surface area contributed by atoms with Gasteiger partial charge >= 0.3 is 0 Å². The number of amides is 1. The molecule has 0 spiro atoms. The normalized spacial score (nSPS) is 17.3. The first-order valence-electron chi connectivity index (χ1n) is 7.85. The van der Waals surface area contributed by atoms with Crippen LogP contribution in [0, 0.1) is 11.7 Å². The molecule has 1 aliphatic heterocycles. The van der Waals surface area contributed by atoms with Crippen molar-refractivity contribution in [2.45, 2.75) is 25.9 Å². The van der Waals surface area contributed by atoms with E-state index in [4.69, 9.17) is 4.74 Å². The van der Waals surface area contributed by atoms with Crippen molar-refractivity contribution in [2.24, 2.45) is 5.92 Å². The van der Waals surface area contributed by atoms with Crippen LogP contribution in [0.5, 0.6) is 5.75 Å². The van der Waals surface area contributed by atoms with Crippen LogP contribution >= 0.6 is 11.3 Å². The number of fused-ring (bicyclic) bond motifs is 1. The number of aromatic nitrogens is 1. The minimum absolute atomic E-state index is 0.104. The summed E-state index contributed by atoms with van der Waals surface area (Å²) in [5.41, 5.74) is 0.880. The predicted molar refractivity (Wildman–Crippen MR) is 85.2 cm³/mol. The van der Waals surface area contributed by atoms with Crippen LogP contribution in [0.15, 0.2) is 24.3 Å². The van der Waals surface area contributed by atoms with Crippen molar-refractivity contribution >= 4 is 17.2 Å². The van der Waals surface area contributed by atoms with Gasteiger partial charge in [0.1, 0.15) is 28.1 Å². The highest BCUT2D eigenvalue weighted by Gasteiger charge is 2.32. The minimum atomic E-state index is -0.327.